The maximum atomic E-state index is 8.57. The molecular formula is C18H25N5OS. The monoisotopic (exact) mass is 359 g/mol. The second-order valence-electron chi connectivity index (χ2n) is 5.94. The van der Waals surface area contributed by atoms with Gasteiger partial charge in [-0.1, -0.05) is 12.1 Å². The Kier molecular flexibility index (Phi) is 7.64. The fourth-order valence-electron chi connectivity index (χ4n) is 2.48. The Morgan fingerprint density at radius 3 is 2.96 bits per heavy atom. The van der Waals surface area contributed by atoms with Crippen molar-refractivity contribution in [2.75, 3.05) is 33.4 Å². The van der Waals surface area contributed by atoms with Gasteiger partial charge in [0.15, 0.2) is 6.19 Å². The quantitative estimate of drug-likeness (QED) is 0.248. The highest BCUT2D eigenvalue weighted by molar-refractivity contribution is 7.98. The number of hydrogen-bond acceptors (Lipinski definition) is 5. The molecule has 134 valence electrons. The zero-order valence-electron chi connectivity index (χ0n) is 15.0. The summed E-state index contributed by atoms with van der Waals surface area (Å²) < 4.78 is 5.75. The molecule has 0 aliphatic rings. The Bertz CT molecular complexity index is 747. The number of benzene rings is 1. The molecule has 0 unspecified atom stereocenters. The molecule has 25 heavy (non-hydrogen) atoms. The second-order valence-corrected chi connectivity index (χ2v) is 7.05. The van der Waals surface area contributed by atoms with Gasteiger partial charge in [0.25, 0.3) is 0 Å². The molecule has 7 heteroatoms. The normalized spacial score (nSPS) is 11.7. The van der Waals surface area contributed by atoms with Gasteiger partial charge in [-0.05, 0) is 37.9 Å². The van der Waals surface area contributed by atoms with Crippen LogP contribution in [0.4, 0.5) is 0 Å². The molecule has 0 atom stereocenters. The fourth-order valence-corrected chi connectivity index (χ4v) is 3.36. The fraction of sp³-hybridized carbons (Fsp3) is 0.444. The molecule has 0 saturated carbocycles. The van der Waals surface area contributed by atoms with E-state index in [1.54, 1.807) is 7.05 Å². The number of nitrogens with one attached hydrogen (secondary N) is 2. The lowest BCUT2D eigenvalue weighted by Gasteiger charge is -2.09. The molecule has 0 radical (unpaired) electrons. The molecule has 0 aliphatic carbocycles. The number of nitriles is 1. The van der Waals surface area contributed by atoms with Crippen LogP contribution in [0.5, 0.6) is 0 Å². The van der Waals surface area contributed by atoms with Crippen LogP contribution in [0.1, 0.15) is 17.7 Å². The SMILES string of the molecule is CNC(=NCCCSCc1occ2ccc(CN(C)C)cc12)NC#N. The molecule has 0 fully saturated rings. The average Bonchev–Trinajstić information content (AvgIpc) is 2.98. The summed E-state index contributed by atoms with van der Waals surface area (Å²) in [4.78, 5) is 6.45. The Balaban J connectivity index is 1.84. The molecule has 1 heterocycles. The first-order chi connectivity index (χ1) is 12.1. The third kappa shape index (κ3) is 6.00. The van der Waals surface area contributed by atoms with Crippen molar-refractivity contribution in [3.63, 3.8) is 0 Å². The van der Waals surface area contributed by atoms with Crippen molar-refractivity contribution in [2.24, 2.45) is 4.99 Å². The summed E-state index contributed by atoms with van der Waals surface area (Å²) in [5.41, 5.74) is 1.30. The summed E-state index contributed by atoms with van der Waals surface area (Å²) in [6, 6.07) is 6.51. The number of thioether (sulfide) groups is 1. The van der Waals surface area contributed by atoms with Gasteiger partial charge in [0.2, 0.25) is 5.96 Å². The maximum absolute atomic E-state index is 8.57. The van der Waals surface area contributed by atoms with E-state index in [9.17, 15) is 0 Å². The molecule has 1 aromatic carbocycles. The van der Waals surface area contributed by atoms with E-state index in [-0.39, 0.29) is 0 Å². The predicted molar refractivity (Wildman–Crippen MR) is 104 cm³/mol. The molecule has 6 nitrogen and oxygen atoms in total. The van der Waals surface area contributed by atoms with Gasteiger partial charge >= 0.3 is 0 Å². The van der Waals surface area contributed by atoms with Gasteiger partial charge in [-0.15, -0.1) is 0 Å². The van der Waals surface area contributed by atoms with E-state index in [0.717, 1.165) is 35.6 Å². The average molecular weight is 359 g/mol. The molecule has 0 aliphatic heterocycles. The van der Waals surface area contributed by atoms with Crippen LogP contribution < -0.4 is 10.6 Å². The minimum Gasteiger partial charge on any atom is -0.467 e. The highest BCUT2D eigenvalue weighted by atomic mass is 32.2. The molecule has 0 amide bonds. The van der Waals surface area contributed by atoms with Gasteiger partial charge in [-0.2, -0.15) is 17.0 Å². The standard InChI is InChI=1S/C18H25N5OS/c1-20-18(22-13-19)21-7-4-8-25-12-17-16-9-14(10-23(2)3)5-6-15(16)11-24-17/h5-6,9,11H,4,7-8,10,12H2,1-3H3,(H2,20,21,22). The summed E-state index contributed by atoms with van der Waals surface area (Å²) >= 11 is 1.84. The van der Waals surface area contributed by atoms with Crippen LogP contribution in [0, 0.1) is 11.5 Å². The largest absolute Gasteiger partial charge is 0.467 e. The Hall–Kier alpha value is -2.17. The third-order valence-electron chi connectivity index (χ3n) is 3.61. The minimum absolute atomic E-state index is 0.512. The molecule has 0 spiro atoms. The van der Waals surface area contributed by atoms with E-state index in [0.29, 0.717) is 12.5 Å². The van der Waals surface area contributed by atoms with Crippen molar-refractivity contribution in [3.05, 3.63) is 35.8 Å². The summed E-state index contributed by atoms with van der Waals surface area (Å²) in [6.45, 7) is 1.61. The summed E-state index contributed by atoms with van der Waals surface area (Å²) in [5.74, 6) is 3.39. The third-order valence-corrected chi connectivity index (χ3v) is 4.65. The van der Waals surface area contributed by atoms with Crippen LogP contribution in [0.2, 0.25) is 0 Å². The van der Waals surface area contributed by atoms with Crippen LogP contribution in [0.25, 0.3) is 10.8 Å². The zero-order valence-corrected chi connectivity index (χ0v) is 15.8. The van der Waals surface area contributed by atoms with E-state index in [2.05, 4.69) is 52.8 Å². The number of fused-ring (bicyclic) bond motifs is 1. The minimum atomic E-state index is 0.512. The van der Waals surface area contributed by atoms with Crippen LogP contribution in [-0.2, 0) is 12.3 Å². The maximum Gasteiger partial charge on any atom is 0.204 e. The molecule has 2 aromatic rings. The summed E-state index contributed by atoms with van der Waals surface area (Å²) in [6.07, 6.45) is 4.65. The van der Waals surface area contributed by atoms with Gasteiger partial charge in [-0.3, -0.25) is 10.3 Å². The van der Waals surface area contributed by atoms with Crippen molar-refractivity contribution in [1.82, 2.24) is 15.5 Å². The van der Waals surface area contributed by atoms with E-state index in [1.165, 1.54) is 10.9 Å². The lowest BCUT2D eigenvalue weighted by molar-refractivity contribution is 0.403. The van der Waals surface area contributed by atoms with Crippen LogP contribution in [0.15, 0.2) is 33.9 Å². The first kappa shape index (κ1) is 19.2. The smallest absolute Gasteiger partial charge is 0.204 e. The Morgan fingerprint density at radius 1 is 1.40 bits per heavy atom. The first-order valence-corrected chi connectivity index (χ1v) is 9.38. The van der Waals surface area contributed by atoms with E-state index in [4.69, 9.17) is 9.68 Å². The number of aliphatic imine (C=N–C) groups is 1. The van der Waals surface area contributed by atoms with Gasteiger partial charge < -0.3 is 14.6 Å². The Labute approximate surface area is 153 Å². The summed E-state index contributed by atoms with van der Waals surface area (Å²) in [7, 11) is 5.89. The van der Waals surface area contributed by atoms with E-state index < -0.39 is 0 Å². The first-order valence-electron chi connectivity index (χ1n) is 8.23. The second kappa shape index (κ2) is 9.97. The number of guanidine groups is 1. The van der Waals surface area contributed by atoms with E-state index >= 15 is 0 Å². The molecule has 0 bridgehead atoms. The van der Waals surface area contributed by atoms with Crippen molar-refractivity contribution >= 4 is 28.5 Å². The zero-order chi connectivity index (χ0) is 18.1. The highest BCUT2D eigenvalue weighted by Crippen LogP contribution is 2.26. The lowest BCUT2D eigenvalue weighted by atomic mass is 10.1. The number of hydrogen-bond donors (Lipinski definition) is 2. The highest BCUT2D eigenvalue weighted by Gasteiger charge is 2.08. The molecule has 2 rings (SSSR count). The van der Waals surface area contributed by atoms with Crippen LogP contribution in [0.3, 0.4) is 0 Å². The number of furan rings is 1. The molecule has 2 N–H and O–H groups in total. The molecule has 1 aromatic heterocycles. The number of rotatable bonds is 8. The van der Waals surface area contributed by atoms with Crippen LogP contribution in [-0.4, -0.2) is 44.3 Å². The molecule has 0 saturated heterocycles. The lowest BCUT2D eigenvalue weighted by Crippen LogP contribution is -2.31. The van der Waals surface area contributed by atoms with Gasteiger partial charge in [0, 0.05) is 30.9 Å². The number of nitrogens with zero attached hydrogens (tertiary/aromatic N) is 3. The topological polar surface area (TPSA) is 76.6 Å². The van der Waals surface area contributed by atoms with E-state index in [1.807, 2.05) is 24.2 Å². The van der Waals surface area contributed by atoms with Gasteiger partial charge in [0.1, 0.15) is 5.76 Å². The summed E-state index contributed by atoms with van der Waals surface area (Å²) in [5, 5.41) is 16.3. The van der Waals surface area contributed by atoms with Gasteiger partial charge in [0.05, 0.1) is 12.0 Å². The van der Waals surface area contributed by atoms with Crippen molar-refractivity contribution in [3.8, 4) is 6.19 Å². The van der Waals surface area contributed by atoms with Crippen molar-refractivity contribution in [1.29, 1.82) is 5.26 Å². The Morgan fingerprint density at radius 2 is 2.24 bits per heavy atom. The molecular weight excluding hydrogens is 334 g/mol. The van der Waals surface area contributed by atoms with Crippen molar-refractivity contribution in [2.45, 2.75) is 18.7 Å². The van der Waals surface area contributed by atoms with Crippen LogP contribution >= 0.6 is 11.8 Å². The van der Waals surface area contributed by atoms with Gasteiger partial charge in [-0.25, -0.2) is 0 Å². The predicted octanol–water partition coefficient (Wildman–Crippen LogP) is 2.76. The van der Waals surface area contributed by atoms with Crippen molar-refractivity contribution < 1.29 is 4.42 Å².